The van der Waals surface area contributed by atoms with E-state index in [0.717, 1.165) is 33.6 Å². The van der Waals surface area contributed by atoms with Crippen molar-refractivity contribution in [1.29, 1.82) is 0 Å². The third kappa shape index (κ3) is 3.50. The molecular formula is C22H12N2. The molecule has 0 bridgehead atoms. The number of hydrogen-bond donors (Lipinski definition) is 0. The van der Waals surface area contributed by atoms with E-state index in [4.69, 9.17) is 12.8 Å². The van der Waals surface area contributed by atoms with Gasteiger partial charge in [-0.15, -0.1) is 12.8 Å². The topological polar surface area (TPSA) is 25.8 Å². The van der Waals surface area contributed by atoms with Gasteiger partial charge in [0.05, 0.1) is 11.4 Å². The van der Waals surface area contributed by atoms with Crippen LogP contribution in [-0.2, 0) is 0 Å². The Hall–Kier alpha value is -3.80. The highest BCUT2D eigenvalue weighted by Crippen LogP contribution is 2.13. The number of benzene rings is 1. The zero-order valence-electron chi connectivity index (χ0n) is 12.8. The third-order valence-corrected chi connectivity index (χ3v) is 3.31. The lowest BCUT2D eigenvalue weighted by molar-refractivity contribution is 1.24. The number of hydrogen-bond acceptors (Lipinski definition) is 2. The van der Waals surface area contributed by atoms with E-state index in [0.29, 0.717) is 0 Å². The summed E-state index contributed by atoms with van der Waals surface area (Å²) in [5.41, 5.74) is 4.68. The Labute approximate surface area is 141 Å². The molecular weight excluding hydrogens is 292 g/mol. The summed E-state index contributed by atoms with van der Waals surface area (Å²) in [5.74, 6) is 11.3. The molecule has 0 saturated carbocycles. The Morgan fingerprint density at radius 2 is 1.33 bits per heavy atom. The molecule has 0 N–H and O–H groups in total. The zero-order valence-corrected chi connectivity index (χ0v) is 12.8. The molecule has 3 aromatic rings. The van der Waals surface area contributed by atoms with Gasteiger partial charge in [-0.1, -0.05) is 29.7 Å². The normalized spacial score (nSPS) is 9.25. The lowest BCUT2D eigenvalue weighted by Crippen LogP contribution is -1.87. The summed E-state index contributed by atoms with van der Waals surface area (Å²) in [5, 5.41) is 0. The minimum absolute atomic E-state index is 0.721. The van der Waals surface area contributed by atoms with Gasteiger partial charge in [0.2, 0.25) is 0 Å². The van der Waals surface area contributed by atoms with Crippen molar-refractivity contribution >= 4 is 0 Å². The van der Waals surface area contributed by atoms with E-state index in [1.165, 1.54) is 0 Å². The molecule has 0 fully saturated rings. The third-order valence-electron chi connectivity index (χ3n) is 3.31. The maximum Gasteiger partial charge on any atom is 0.0887 e. The van der Waals surface area contributed by atoms with Crippen LogP contribution in [0, 0.1) is 36.5 Å². The number of nitrogens with zero attached hydrogens (tertiary/aromatic N) is 2. The summed E-state index contributed by atoms with van der Waals surface area (Å²) >= 11 is 0. The minimum Gasteiger partial charge on any atom is -0.255 e. The van der Waals surface area contributed by atoms with Crippen LogP contribution in [0.4, 0.5) is 0 Å². The van der Waals surface area contributed by atoms with Crippen LogP contribution in [0.15, 0.2) is 60.9 Å². The lowest BCUT2D eigenvalue weighted by atomic mass is 10.1. The van der Waals surface area contributed by atoms with Crippen LogP contribution < -0.4 is 0 Å². The second-order valence-corrected chi connectivity index (χ2v) is 4.98. The number of pyridine rings is 2. The fourth-order valence-corrected chi connectivity index (χ4v) is 2.14. The summed E-state index contributed by atoms with van der Waals surface area (Å²) in [6.07, 6.45) is 14.3. The predicted molar refractivity (Wildman–Crippen MR) is 95.8 cm³/mol. The molecule has 0 radical (unpaired) electrons. The molecule has 0 spiro atoms. The van der Waals surface area contributed by atoms with Crippen molar-refractivity contribution in [3.05, 3.63) is 83.2 Å². The van der Waals surface area contributed by atoms with Crippen LogP contribution in [0.25, 0.3) is 11.4 Å². The summed E-state index contributed by atoms with van der Waals surface area (Å²) in [4.78, 5) is 8.67. The van der Waals surface area contributed by atoms with Crippen molar-refractivity contribution in [2.45, 2.75) is 0 Å². The summed E-state index contributed by atoms with van der Waals surface area (Å²) in [6, 6.07) is 15.0. The van der Waals surface area contributed by atoms with E-state index in [1.54, 1.807) is 18.5 Å². The maximum atomic E-state index is 5.44. The van der Waals surface area contributed by atoms with E-state index in [9.17, 15) is 0 Å². The van der Waals surface area contributed by atoms with Crippen molar-refractivity contribution < 1.29 is 0 Å². The Kier molecular flexibility index (Phi) is 4.39. The van der Waals surface area contributed by atoms with Gasteiger partial charge in [0, 0.05) is 34.6 Å². The zero-order chi connectivity index (χ0) is 16.8. The Morgan fingerprint density at radius 3 is 1.92 bits per heavy atom. The van der Waals surface area contributed by atoms with E-state index in [1.807, 2.05) is 42.5 Å². The smallest absolute Gasteiger partial charge is 0.0887 e. The first-order valence-corrected chi connectivity index (χ1v) is 7.26. The summed E-state index contributed by atoms with van der Waals surface area (Å²) in [7, 11) is 0. The average molecular weight is 304 g/mol. The quantitative estimate of drug-likeness (QED) is 0.643. The first-order valence-electron chi connectivity index (χ1n) is 7.26. The highest BCUT2D eigenvalue weighted by Gasteiger charge is 1.99. The Balaban J connectivity index is 1.87. The van der Waals surface area contributed by atoms with Crippen molar-refractivity contribution in [2.24, 2.45) is 0 Å². The minimum atomic E-state index is 0.721. The fourth-order valence-electron chi connectivity index (χ4n) is 2.14. The Bertz CT molecular complexity index is 974. The lowest BCUT2D eigenvalue weighted by Gasteiger charge is -1.99. The van der Waals surface area contributed by atoms with E-state index < -0.39 is 0 Å². The predicted octanol–water partition coefficient (Wildman–Crippen LogP) is 3.51. The van der Waals surface area contributed by atoms with Gasteiger partial charge >= 0.3 is 0 Å². The second kappa shape index (κ2) is 6.97. The van der Waals surface area contributed by atoms with Crippen LogP contribution in [0.3, 0.4) is 0 Å². The molecule has 110 valence electrons. The van der Waals surface area contributed by atoms with Gasteiger partial charge < -0.3 is 0 Å². The monoisotopic (exact) mass is 304 g/mol. The number of terminal acetylenes is 2. The number of aromatic nitrogens is 2. The van der Waals surface area contributed by atoms with Crippen molar-refractivity contribution in [3.8, 4) is 47.9 Å². The molecule has 0 aliphatic rings. The van der Waals surface area contributed by atoms with E-state index in [-0.39, 0.29) is 0 Å². The molecule has 0 atom stereocenters. The van der Waals surface area contributed by atoms with Crippen LogP contribution >= 0.6 is 0 Å². The van der Waals surface area contributed by atoms with Crippen LogP contribution in [-0.4, -0.2) is 9.97 Å². The standard InChI is InChI=1S/C22H12N2/c1-3-17-13-18(4-2)15-20(14-17)9-8-19-10-11-22(24-16-19)21-7-5-6-12-23-21/h1-2,5-7,10-16H. The first kappa shape index (κ1) is 15.1. The largest absolute Gasteiger partial charge is 0.255 e. The molecule has 2 heteroatoms. The van der Waals surface area contributed by atoms with E-state index >= 15 is 0 Å². The molecule has 0 aliphatic carbocycles. The van der Waals surface area contributed by atoms with Crippen molar-refractivity contribution in [2.75, 3.05) is 0 Å². The van der Waals surface area contributed by atoms with Gasteiger partial charge in [0.15, 0.2) is 0 Å². The van der Waals surface area contributed by atoms with Gasteiger partial charge in [-0.2, -0.15) is 0 Å². The molecule has 2 heterocycles. The second-order valence-electron chi connectivity index (χ2n) is 4.98. The van der Waals surface area contributed by atoms with Gasteiger partial charge in [-0.25, -0.2) is 0 Å². The molecule has 0 amide bonds. The van der Waals surface area contributed by atoms with Crippen LogP contribution in [0.2, 0.25) is 0 Å². The fraction of sp³-hybridized carbons (Fsp3) is 0. The molecule has 3 rings (SSSR count). The SMILES string of the molecule is C#Cc1cc(C#C)cc(C#Cc2ccc(-c3ccccn3)nc2)c1. The molecule has 24 heavy (non-hydrogen) atoms. The van der Waals surface area contributed by atoms with Gasteiger partial charge in [-0.05, 0) is 42.5 Å². The van der Waals surface area contributed by atoms with Crippen LogP contribution in [0.5, 0.6) is 0 Å². The summed E-state index contributed by atoms with van der Waals surface area (Å²) in [6.45, 7) is 0. The molecule has 0 aliphatic heterocycles. The van der Waals surface area contributed by atoms with Crippen molar-refractivity contribution in [3.63, 3.8) is 0 Å². The van der Waals surface area contributed by atoms with Gasteiger partial charge in [-0.3, -0.25) is 9.97 Å². The molecule has 1 aromatic carbocycles. The molecule has 2 nitrogen and oxygen atoms in total. The Morgan fingerprint density at radius 1 is 0.667 bits per heavy atom. The highest BCUT2D eigenvalue weighted by atomic mass is 14.8. The molecule has 0 unspecified atom stereocenters. The molecule has 2 aromatic heterocycles. The van der Waals surface area contributed by atoms with Gasteiger partial charge in [0.25, 0.3) is 0 Å². The number of rotatable bonds is 1. The first-order chi connectivity index (χ1) is 11.8. The van der Waals surface area contributed by atoms with Gasteiger partial charge in [0.1, 0.15) is 0 Å². The average Bonchev–Trinajstić information content (AvgIpc) is 2.67. The highest BCUT2D eigenvalue weighted by molar-refractivity contribution is 5.56. The maximum absolute atomic E-state index is 5.44. The summed E-state index contributed by atoms with van der Waals surface area (Å²) < 4.78 is 0. The molecule has 0 saturated heterocycles. The van der Waals surface area contributed by atoms with Crippen LogP contribution in [0.1, 0.15) is 22.3 Å². The van der Waals surface area contributed by atoms with E-state index in [2.05, 4.69) is 33.6 Å². The van der Waals surface area contributed by atoms with Crippen molar-refractivity contribution in [1.82, 2.24) is 9.97 Å².